The van der Waals surface area contributed by atoms with E-state index >= 15 is 0 Å². The summed E-state index contributed by atoms with van der Waals surface area (Å²) in [4.78, 5) is 23.2. The number of hydrogen-bond acceptors (Lipinski definition) is 4. The average molecular weight is 320 g/mol. The third kappa shape index (κ3) is 4.47. The molecule has 1 N–H and O–H groups in total. The summed E-state index contributed by atoms with van der Waals surface area (Å²) in [7, 11) is 1.35. The number of methoxy groups -OCH3 is 1. The molecule has 0 aromatic carbocycles. The molecule has 1 amide bonds. The van der Waals surface area contributed by atoms with Crippen molar-refractivity contribution in [2.75, 3.05) is 13.7 Å². The molecule has 0 unspecified atom stereocenters. The second-order valence-corrected chi connectivity index (χ2v) is 5.87. The van der Waals surface area contributed by atoms with Crippen LogP contribution in [0.3, 0.4) is 0 Å². The molecule has 1 aromatic heterocycles. The third-order valence-electron chi connectivity index (χ3n) is 2.15. The highest BCUT2D eigenvalue weighted by Gasteiger charge is 2.10. The summed E-state index contributed by atoms with van der Waals surface area (Å²) in [5.41, 5.74) is 1.05. The van der Waals surface area contributed by atoms with Crippen LogP contribution in [0.2, 0.25) is 0 Å². The van der Waals surface area contributed by atoms with Crippen LogP contribution < -0.4 is 5.32 Å². The van der Waals surface area contributed by atoms with E-state index in [9.17, 15) is 9.59 Å². The highest BCUT2D eigenvalue weighted by atomic mass is 79.9. The summed E-state index contributed by atoms with van der Waals surface area (Å²) in [5, 5.41) is 2.76. The van der Waals surface area contributed by atoms with Gasteiger partial charge in [-0.1, -0.05) is 0 Å². The highest BCUT2D eigenvalue weighted by molar-refractivity contribution is 9.11. The van der Waals surface area contributed by atoms with Gasteiger partial charge < -0.3 is 10.1 Å². The molecule has 0 spiro atoms. The Labute approximate surface area is 112 Å². The summed E-state index contributed by atoms with van der Waals surface area (Å²) < 4.78 is 5.47. The van der Waals surface area contributed by atoms with E-state index in [2.05, 4.69) is 26.0 Å². The van der Waals surface area contributed by atoms with Gasteiger partial charge in [0.15, 0.2) is 0 Å². The Hall–Kier alpha value is -0.880. The van der Waals surface area contributed by atoms with Crippen molar-refractivity contribution in [1.82, 2.24) is 5.32 Å². The van der Waals surface area contributed by atoms with Gasteiger partial charge in [-0.2, -0.15) is 0 Å². The Morgan fingerprint density at radius 3 is 2.76 bits per heavy atom. The lowest BCUT2D eigenvalue weighted by molar-refractivity contribution is -0.140. The zero-order chi connectivity index (χ0) is 12.8. The molecule has 94 valence electrons. The first-order valence-corrected chi connectivity index (χ1v) is 6.76. The fourth-order valence-electron chi connectivity index (χ4n) is 1.20. The molecule has 0 fully saturated rings. The Bertz CT molecular complexity index is 397. The van der Waals surface area contributed by atoms with Gasteiger partial charge in [0.05, 0.1) is 15.8 Å². The van der Waals surface area contributed by atoms with Crippen LogP contribution in [0.1, 0.15) is 28.1 Å². The van der Waals surface area contributed by atoms with Crippen LogP contribution in [0.5, 0.6) is 0 Å². The number of amides is 1. The molecule has 4 nitrogen and oxygen atoms in total. The van der Waals surface area contributed by atoms with Crippen LogP contribution >= 0.6 is 27.3 Å². The van der Waals surface area contributed by atoms with Crippen molar-refractivity contribution in [3.8, 4) is 0 Å². The summed E-state index contributed by atoms with van der Waals surface area (Å²) in [6, 6.07) is 1.84. The van der Waals surface area contributed by atoms with Gasteiger partial charge in [0.25, 0.3) is 5.91 Å². The topological polar surface area (TPSA) is 55.4 Å². The Morgan fingerprint density at radius 2 is 2.24 bits per heavy atom. The Balaban J connectivity index is 2.33. The zero-order valence-corrected chi connectivity index (χ0v) is 12.1. The molecule has 17 heavy (non-hydrogen) atoms. The number of nitrogens with one attached hydrogen (secondary N) is 1. The van der Waals surface area contributed by atoms with Crippen molar-refractivity contribution in [2.24, 2.45) is 0 Å². The first kappa shape index (κ1) is 14.2. The maximum Gasteiger partial charge on any atom is 0.305 e. The largest absolute Gasteiger partial charge is 0.469 e. The molecule has 1 aromatic rings. The van der Waals surface area contributed by atoms with Crippen LogP contribution in [0.15, 0.2) is 9.85 Å². The minimum absolute atomic E-state index is 0.103. The lowest BCUT2D eigenvalue weighted by atomic mass is 10.3. The molecule has 0 radical (unpaired) electrons. The van der Waals surface area contributed by atoms with Gasteiger partial charge in [-0.3, -0.25) is 9.59 Å². The molecule has 0 aliphatic rings. The lowest BCUT2D eigenvalue weighted by Crippen LogP contribution is -2.24. The number of aryl methyl sites for hydroxylation is 1. The highest BCUT2D eigenvalue weighted by Crippen LogP contribution is 2.27. The van der Waals surface area contributed by atoms with Crippen molar-refractivity contribution in [2.45, 2.75) is 19.8 Å². The second kappa shape index (κ2) is 6.76. The maximum absolute atomic E-state index is 11.7. The Kier molecular flexibility index (Phi) is 5.64. The summed E-state index contributed by atoms with van der Waals surface area (Å²) >= 11 is 4.78. The summed E-state index contributed by atoms with van der Waals surface area (Å²) in [5.74, 6) is -0.359. The smallest absolute Gasteiger partial charge is 0.305 e. The molecule has 0 saturated heterocycles. The number of carbonyl (C=O) groups is 2. The minimum atomic E-state index is -0.256. The van der Waals surface area contributed by atoms with Crippen molar-refractivity contribution >= 4 is 39.1 Å². The van der Waals surface area contributed by atoms with Crippen molar-refractivity contribution in [1.29, 1.82) is 0 Å². The van der Waals surface area contributed by atoms with Gasteiger partial charge in [-0.15, -0.1) is 11.3 Å². The summed E-state index contributed by atoms with van der Waals surface area (Å²) in [6.07, 6.45) is 0.911. The SMILES string of the molecule is COC(=O)CCCNC(=O)c1cc(C)c(Br)s1. The number of thiophene rings is 1. The van der Waals surface area contributed by atoms with Crippen LogP contribution in [-0.2, 0) is 9.53 Å². The standard InChI is InChI=1S/C11H14BrNO3S/c1-7-6-8(17-10(7)12)11(15)13-5-3-4-9(14)16-2/h6H,3-5H2,1-2H3,(H,13,15). The number of hydrogen-bond donors (Lipinski definition) is 1. The van der Waals surface area contributed by atoms with Crippen LogP contribution in [0.4, 0.5) is 0 Å². The molecule has 0 bridgehead atoms. The molecule has 0 atom stereocenters. The number of ether oxygens (including phenoxy) is 1. The van der Waals surface area contributed by atoms with Crippen LogP contribution in [-0.4, -0.2) is 25.5 Å². The van der Waals surface area contributed by atoms with Gasteiger partial charge in [-0.05, 0) is 40.9 Å². The lowest BCUT2D eigenvalue weighted by Gasteiger charge is -2.02. The van der Waals surface area contributed by atoms with E-state index in [0.717, 1.165) is 9.35 Å². The molecule has 6 heteroatoms. The predicted octanol–water partition coefficient (Wildman–Crippen LogP) is 2.50. The minimum Gasteiger partial charge on any atom is -0.469 e. The summed E-state index contributed by atoms with van der Waals surface area (Å²) in [6.45, 7) is 2.41. The predicted molar refractivity (Wildman–Crippen MR) is 70.3 cm³/mol. The van der Waals surface area contributed by atoms with Gasteiger partial charge in [-0.25, -0.2) is 0 Å². The van der Waals surface area contributed by atoms with E-state index in [1.54, 1.807) is 0 Å². The number of halogens is 1. The average Bonchev–Trinajstić information content (AvgIpc) is 2.64. The van der Waals surface area contributed by atoms with E-state index in [4.69, 9.17) is 0 Å². The van der Waals surface area contributed by atoms with Gasteiger partial charge in [0.2, 0.25) is 0 Å². The van der Waals surface area contributed by atoms with E-state index < -0.39 is 0 Å². The molecule has 1 rings (SSSR count). The monoisotopic (exact) mass is 319 g/mol. The first-order chi connectivity index (χ1) is 8.04. The van der Waals surface area contributed by atoms with Crippen LogP contribution in [0.25, 0.3) is 0 Å². The Morgan fingerprint density at radius 1 is 1.53 bits per heavy atom. The second-order valence-electron chi connectivity index (χ2n) is 3.50. The van der Waals surface area contributed by atoms with Gasteiger partial charge in [0, 0.05) is 13.0 Å². The number of carbonyl (C=O) groups excluding carboxylic acids is 2. The fraction of sp³-hybridized carbons (Fsp3) is 0.455. The quantitative estimate of drug-likeness (QED) is 0.670. The van der Waals surface area contributed by atoms with Crippen LogP contribution in [0, 0.1) is 6.92 Å². The van der Waals surface area contributed by atoms with Gasteiger partial charge >= 0.3 is 5.97 Å². The number of rotatable bonds is 5. The van der Waals surface area contributed by atoms with E-state index in [1.165, 1.54) is 18.4 Å². The molecule has 1 heterocycles. The first-order valence-electron chi connectivity index (χ1n) is 5.15. The van der Waals surface area contributed by atoms with Crippen molar-refractivity contribution in [3.05, 3.63) is 20.3 Å². The molecular weight excluding hydrogens is 306 g/mol. The van der Waals surface area contributed by atoms with Gasteiger partial charge in [0.1, 0.15) is 0 Å². The maximum atomic E-state index is 11.7. The normalized spacial score (nSPS) is 10.1. The molecular formula is C11H14BrNO3S. The van der Waals surface area contributed by atoms with Crippen molar-refractivity contribution < 1.29 is 14.3 Å². The van der Waals surface area contributed by atoms with E-state index in [-0.39, 0.29) is 11.9 Å². The van der Waals surface area contributed by atoms with Crippen molar-refractivity contribution in [3.63, 3.8) is 0 Å². The molecule has 0 aliphatic heterocycles. The third-order valence-corrected chi connectivity index (χ3v) is 4.29. The zero-order valence-electron chi connectivity index (χ0n) is 9.71. The fourth-order valence-corrected chi connectivity index (χ4v) is 2.65. The van der Waals surface area contributed by atoms with E-state index in [0.29, 0.717) is 24.3 Å². The molecule has 0 aliphatic carbocycles. The number of esters is 1. The molecule has 0 saturated carbocycles. The van der Waals surface area contributed by atoms with E-state index in [1.807, 2.05) is 13.0 Å².